The topological polar surface area (TPSA) is 70.1 Å². The molecule has 6 nitrogen and oxygen atoms in total. The lowest BCUT2D eigenvalue weighted by atomic mass is 10.0. The predicted molar refractivity (Wildman–Crippen MR) is 106 cm³/mol. The number of piperidine rings is 1. The number of amides is 2. The number of hydrogen-bond donors (Lipinski definition) is 2. The zero-order chi connectivity index (χ0) is 18.8. The molecule has 1 fully saturated rings. The lowest BCUT2D eigenvalue weighted by Crippen LogP contribution is -2.45. The fourth-order valence-corrected chi connectivity index (χ4v) is 3.76. The largest absolute Gasteiger partial charge is 0.334 e. The highest BCUT2D eigenvalue weighted by atomic mass is 16.2. The van der Waals surface area contributed by atoms with E-state index >= 15 is 0 Å². The molecule has 1 aromatic heterocycles. The molecule has 2 heterocycles. The number of rotatable bonds is 3. The molecule has 0 bridgehead atoms. The van der Waals surface area contributed by atoms with Crippen LogP contribution >= 0.6 is 0 Å². The van der Waals surface area contributed by atoms with Gasteiger partial charge in [-0.2, -0.15) is 0 Å². The summed E-state index contributed by atoms with van der Waals surface area (Å²) in [5.74, 6) is 0. The Morgan fingerprint density at radius 3 is 2.56 bits per heavy atom. The summed E-state index contributed by atoms with van der Waals surface area (Å²) in [6.45, 7) is 3.87. The summed E-state index contributed by atoms with van der Waals surface area (Å²) >= 11 is 0. The quantitative estimate of drug-likeness (QED) is 0.749. The number of carbonyl (C=O) groups is 1. The van der Waals surface area contributed by atoms with E-state index in [0.29, 0.717) is 19.6 Å². The van der Waals surface area contributed by atoms with Crippen LogP contribution in [0.15, 0.2) is 53.3 Å². The number of benzene rings is 2. The van der Waals surface area contributed by atoms with Crippen molar-refractivity contribution in [1.29, 1.82) is 0 Å². The number of imidazole rings is 1. The van der Waals surface area contributed by atoms with Gasteiger partial charge >= 0.3 is 11.7 Å². The van der Waals surface area contributed by atoms with Gasteiger partial charge in [0.1, 0.15) is 0 Å². The smallest absolute Gasteiger partial charge is 0.326 e. The molecule has 6 heteroatoms. The Labute approximate surface area is 157 Å². The van der Waals surface area contributed by atoms with Gasteiger partial charge in [0, 0.05) is 25.7 Å². The van der Waals surface area contributed by atoms with Gasteiger partial charge in [-0.3, -0.25) is 4.57 Å². The molecular formula is C21H24N4O2. The number of aromatic amines is 1. The molecule has 0 saturated carbocycles. The third-order valence-electron chi connectivity index (χ3n) is 5.31. The molecule has 2 amide bonds. The maximum atomic E-state index is 12.5. The first-order chi connectivity index (χ1) is 13.1. The van der Waals surface area contributed by atoms with Crippen LogP contribution in [0.4, 0.5) is 4.79 Å². The first-order valence-electron chi connectivity index (χ1n) is 9.39. The van der Waals surface area contributed by atoms with Crippen molar-refractivity contribution in [2.75, 3.05) is 13.1 Å². The van der Waals surface area contributed by atoms with E-state index in [-0.39, 0.29) is 17.8 Å². The molecule has 0 spiro atoms. The molecule has 4 rings (SSSR count). The summed E-state index contributed by atoms with van der Waals surface area (Å²) in [4.78, 5) is 29.6. The number of urea groups is 1. The molecular weight excluding hydrogens is 340 g/mol. The minimum atomic E-state index is -0.0709. The zero-order valence-electron chi connectivity index (χ0n) is 15.4. The van der Waals surface area contributed by atoms with Crippen LogP contribution in [0, 0.1) is 6.92 Å². The van der Waals surface area contributed by atoms with Crippen LogP contribution in [0.1, 0.15) is 30.0 Å². The van der Waals surface area contributed by atoms with Crippen LogP contribution in [-0.2, 0) is 6.54 Å². The number of fused-ring (bicyclic) bond motifs is 1. The summed E-state index contributed by atoms with van der Waals surface area (Å²) < 4.78 is 1.84. The molecule has 0 radical (unpaired) electrons. The molecule has 3 aromatic rings. The third kappa shape index (κ3) is 3.60. The molecule has 1 aliphatic rings. The summed E-state index contributed by atoms with van der Waals surface area (Å²) in [7, 11) is 0. The molecule has 0 atom stereocenters. The molecule has 2 N–H and O–H groups in total. The minimum Gasteiger partial charge on any atom is -0.334 e. The van der Waals surface area contributed by atoms with E-state index in [2.05, 4.69) is 10.3 Å². The zero-order valence-corrected chi connectivity index (χ0v) is 15.4. The van der Waals surface area contributed by atoms with Crippen LogP contribution in [0.25, 0.3) is 11.0 Å². The second-order valence-electron chi connectivity index (χ2n) is 7.18. The van der Waals surface area contributed by atoms with Crippen LogP contribution in [0.3, 0.4) is 0 Å². The van der Waals surface area contributed by atoms with Gasteiger partial charge in [0.15, 0.2) is 0 Å². The van der Waals surface area contributed by atoms with Crippen molar-refractivity contribution in [2.45, 2.75) is 32.4 Å². The molecule has 27 heavy (non-hydrogen) atoms. The standard InChI is InChI=1S/C21H24N4O2/c1-15-6-8-16(9-7-15)14-22-20(26)24-12-10-17(11-13-24)25-19-5-3-2-4-18(19)23-21(25)27/h2-9,17H,10-14H2,1H3,(H,22,26)(H,23,27). The Hall–Kier alpha value is -3.02. The van der Waals surface area contributed by atoms with Gasteiger partial charge in [0.2, 0.25) is 0 Å². The normalized spacial score (nSPS) is 15.2. The number of para-hydroxylation sites is 2. The van der Waals surface area contributed by atoms with Crippen molar-refractivity contribution in [3.63, 3.8) is 0 Å². The van der Waals surface area contributed by atoms with Crippen molar-refractivity contribution >= 4 is 17.1 Å². The third-order valence-corrected chi connectivity index (χ3v) is 5.31. The minimum absolute atomic E-state index is 0.0414. The SMILES string of the molecule is Cc1ccc(CNC(=O)N2CCC(n3c(=O)[nH]c4ccccc43)CC2)cc1. The molecule has 140 valence electrons. The summed E-state index contributed by atoms with van der Waals surface area (Å²) in [6, 6.07) is 16.0. The lowest BCUT2D eigenvalue weighted by molar-refractivity contribution is 0.171. The van der Waals surface area contributed by atoms with E-state index in [1.807, 2.05) is 64.9 Å². The Balaban J connectivity index is 1.37. The van der Waals surface area contributed by atoms with Gasteiger partial charge in [0.25, 0.3) is 0 Å². The molecule has 0 unspecified atom stereocenters. The number of nitrogens with zero attached hydrogens (tertiary/aromatic N) is 2. The van der Waals surface area contributed by atoms with Crippen LogP contribution in [0.5, 0.6) is 0 Å². The first kappa shape index (κ1) is 17.4. The first-order valence-corrected chi connectivity index (χ1v) is 9.39. The number of nitrogens with one attached hydrogen (secondary N) is 2. The molecule has 1 saturated heterocycles. The molecule has 2 aromatic carbocycles. The highest BCUT2D eigenvalue weighted by Crippen LogP contribution is 2.24. The number of aryl methyl sites for hydroxylation is 1. The fraction of sp³-hybridized carbons (Fsp3) is 0.333. The molecule has 0 aliphatic carbocycles. The van der Waals surface area contributed by atoms with Crippen molar-refractivity contribution in [3.05, 3.63) is 70.1 Å². The predicted octanol–water partition coefficient (Wildman–Crippen LogP) is 3.18. The van der Waals surface area contributed by atoms with Gasteiger partial charge in [-0.05, 0) is 37.5 Å². The summed E-state index contributed by atoms with van der Waals surface area (Å²) in [6.07, 6.45) is 1.55. The monoisotopic (exact) mass is 364 g/mol. The van der Waals surface area contributed by atoms with E-state index in [9.17, 15) is 9.59 Å². The molecule has 1 aliphatic heterocycles. The second-order valence-corrected chi connectivity index (χ2v) is 7.18. The average Bonchev–Trinajstić information content (AvgIpc) is 3.03. The van der Waals surface area contributed by atoms with Crippen molar-refractivity contribution < 1.29 is 4.79 Å². The van der Waals surface area contributed by atoms with E-state index in [1.165, 1.54) is 5.56 Å². The van der Waals surface area contributed by atoms with Gasteiger partial charge < -0.3 is 15.2 Å². The van der Waals surface area contributed by atoms with Gasteiger partial charge in [-0.1, -0.05) is 42.0 Å². The number of hydrogen-bond acceptors (Lipinski definition) is 2. The Morgan fingerprint density at radius 1 is 1.11 bits per heavy atom. The number of likely N-dealkylation sites (tertiary alicyclic amines) is 1. The van der Waals surface area contributed by atoms with Gasteiger partial charge in [-0.25, -0.2) is 9.59 Å². The summed E-state index contributed by atoms with van der Waals surface area (Å²) in [5, 5.41) is 2.99. The highest BCUT2D eigenvalue weighted by molar-refractivity contribution is 5.75. The van der Waals surface area contributed by atoms with Crippen LogP contribution in [0.2, 0.25) is 0 Å². The van der Waals surface area contributed by atoms with Crippen LogP contribution in [-0.4, -0.2) is 33.6 Å². The van der Waals surface area contributed by atoms with Crippen LogP contribution < -0.4 is 11.0 Å². The van der Waals surface area contributed by atoms with E-state index < -0.39 is 0 Å². The van der Waals surface area contributed by atoms with Crippen molar-refractivity contribution in [2.24, 2.45) is 0 Å². The van der Waals surface area contributed by atoms with E-state index in [4.69, 9.17) is 0 Å². The van der Waals surface area contributed by atoms with Crippen molar-refractivity contribution in [1.82, 2.24) is 19.8 Å². The summed E-state index contributed by atoms with van der Waals surface area (Å²) in [5.41, 5.74) is 4.03. The fourth-order valence-electron chi connectivity index (χ4n) is 3.76. The maximum absolute atomic E-state index is 12.5. The maximum Gasteiger partial charge on any atom is 0.326 e. The van der Waals surface area contributed by atoms with E-state index in [0.717, 1.165) is 29.4 Å². The number of aromatic nitrogens is 2. The Kier molecular flexibility index (Phi) is 4.71. The van der Waals surface area contributed by atoms with E-state index in [1.54, 1.807) is 0 Å². The average molecular weight is 364 g/mol. The van der Waals surface area contributed by atoms with Crippen molar-refractivity contribution in [3.8, 4) is 0 Å². The van der Waals surface area contributed by atoms with Gasteiger partial charge in [-0.15, -0.1) is 0 Å². The van der Waals surface area contributed by atoms with Gasteiger partial charge in [0.05, 0.1) is 11.0 Å². The number of carbonyl (C=O) groups excluding carboxylic acids is 1. The number of H-pyrrole nitrogens is 1. The second kappa shape index (κ2) is 7.31. The lowest BCUT2D eigenvalue weighted by Gasteiger charge is -2.32. The highest BCUT2D eigenvalue weighted by Gasteiger charge is 2.25. The Morgan fingerprint density at radius 2 is 1.81 bits per heavy atom. The Bertz CT molecular complexity index is 995.